The first-order chi connectivity index (χ1) is 14.5. The molecule has 2 heterocycles. The third kappa shape index (κ3) is 4.39. The van der Waals surface area contributed by atoms with Crippen molar-refractivity contribution in [3.05, 3.63) is 65.2 Å². The van der Waals surface area contributed by atoms with Crippen molar-refractivity contribution in [2.75, 3.05) is 19.6 Å². The topological polar surface area (TPSA) is 45.2 Å². The summed E-state index contributed by atoms with van der Waals surface area (Å²) in [5, 5.41) is 4.05. The van der Waals surface area contributed by atoms with Gasteiger partial charge in [0.25, 0.3) is 5.91 Å². The van der Waals surface area contributed by atoms with Gasteiger partial charge in [0.15, 0.2) is 0 Å². The summed E-state index contributed by atoms with van der Waals surface area (Å²) in [5.41, 5.74) is 5.91. The summed E-state index contributed by atoms with van der Waals surface area (Å²) in [6.07, 6.45) is 3.82. The Bertz CT molecular complexity index is 1060. The maximum absolute atomic E-state index is 13.1. The number of aromatic nitrogens is 1. The highest BCUT2D eigenvalue weighted by molar-refractivity contribution is 6.07. The molecule has 0 radical (unpaired) electrons. The molecule has 0 bridgehead atoms. The molecule has 0 unspecified atom stereocenters. The quantitative estimate of drug-likeness (QED) is 0.645. The van der Waals surface area contributed by atoms with Crippen molar-refractivity contribution in [1.82, 2.24) is 15.2 Å². The number of hydrogen-bond donors (Lipinski definition) is 1. The number of hydrogen-bond acceptors (Lipinski definition) is 3. The molecule has 0 spiro atoms. The van der Waals surface area contributed by atoms with E-state index in [1.54, 1.807) is 0 Å². The highest BCUT2D eigenvalue weighted by Gasteiger charge is 2.18. The number of benzene rings is 2. The largest absolute Gasteiger partial charge is 0.351 e. The fourth-order valence-electron chi connectivity index (χ4n) is 4.31. The minimum atomic E-state index is -0.0247. The number of nitrogens with zero attached hydrogens (tertiary/aromatic N) is 2. The van der Waals surface area contributed by atoms with Crippen LogP contribution in [0.3, 0.4) is 0 Å². The molecule has 1 fully saturated rings. The molecule has 4 rings (SSSR count). The van der Waals surface area contributed by atoms with E-state index in [2.05, 4.69) is 49.2 Å². The molecule has 156 valence electrons. The minimum absolute atomic E-state index is 0.0247. The summed E-state index contributed by atoms with van der Waals surface area (Å²) >= 11 is 0. The molecule has 1 amide bonds. The van der Waals surface area contributed by atoms with Gasteiger partial charge in [0.2, 0.25) is 0 Å². The zero-order valence-corrected chi connectivity index (χ0v) is 18.2. The number of para-hydroxylation sites is 1. The van der Waals surface area contributed by atoms with Gasteiger partial charge in [-0.1, -0.05) is 36.8 Å². The molecule has 1 atom stereocenters. The molecule has 2 aromatic carbocycles. The zero-order valence-electron chi connectivity index (χ0n) is 18.2. The number of aryl methyl sites for hydroxylation is 2. The first kappa shape index (κ1) is 20.5. The fraction of sp³-hybridized carbons (Fsp3) is 0.385. The lowest BCUT2D eigenvalue weighted by Crippen LogP contribution is -2.42. The molecule has 1 aliphatic rings. The second-order valence-electron chi connectivity index (χ2n) is 8.51. The van der Waals surface area contributed by atoms with Gasteiger partial charge in [-0.15, -0.1) is 0 Å². The molecular weight excluding hydrogens is 370 g/mol. The van der Waals surface area contributed by atoms with Crippen molar-refractivity contribution in [3.8, 4) is 11.3 Å². The molecule has 1 aromatic heterocycles. The number of rotatable bonds is 5. The van der Waals surface area contributed by atoms with Crippen LogP contribution in [0.25, 0.3) is 22.2 Å². The lowest BCUT2D eigenvalue weighted by atomic mass is 10.0. The number of nitrogens with one attached hydrogen (secondary N) is 1. The maximum atomic E-state index is 13.1. The van der Waals surface area contributed by atoms with Crippen LogP contribution in [0.1, 0.15) is 47.7 Å². The lowest BCUT2D eigenvalue weighted by molar-refractivity contribution is 0.0940. The Balaban J connectivity index is 1.58. The maximum Gasteiger partial charge on any atom is 0.252 e. The van der Waals surface area contributed by atoms with Crippen molar-refractivity contribution in [2.45, 2.75) is 46.1 Å². The number of fused-ring (bicyclic) bond motifs is 1. The van der Waals surface area contributed by atoms with Gasteiger partial charge in [0, 0.05) is 30.1 Å². The standard InChI is InChI=1S/C26H31N3O/c1-18-11-12-21(16-19(18)2)25-17-23(22-9-4-5-10-24(22)28-25)26(30)27-13-15-29-14-7-6-8-20(29)3/h4-5,9-12,16-17,20H,6-8,13-15H2,1-3H3,(H,27,30)/t20-/m0/s1. The normalized spacial score (nSPS) is 17.2. The number of carbonyl (C=O) groups excluding carboxylic acids is 1. The number of piperidine rings is 1. The molecule has 0 aliphatic carbocycles. The number of likely N-dealkylation sites (tertiary alicyclic amines) is 1. The zero-order chi connectivity index (χ0) is 21.1. The Morgan fingerprint density at radius 2 is 1.93 bits per heavy atom. The van der Waals surface area contributed by atoms with Gasteiger partial charge in [0.1, 0.15) is 0 Å². The van der Waals surface area contributed by atoms with E-state index in [0.717, 1.165) is 35.2 Å². The lowest BCUT2D eigenvalue weighted by Gasteiger charge is -2.33. The third-order valence-electron chi connectivity index (χ3n) is 6.39. The van der Waals surface area contributed by atoms with E-state index in [0.29, 0.717) is 18.2 Å². The monoisotopic (exact) mass is 401 g/mol. The van der Waals surface area contributed by atoms with Gasteiger partial charge in [0.05, 0.1) is 16.8 Å². The molecule has 0 saturated carbocycles. The first-order valence-electron chi connectivity index (χ1n) is 11.0. The highest BCUT2D eigenvalue weighted by atomic mass is 16.1. The molecule has 3 aromatic rings. The van der Waals surface area contributed by atoms with Crippen molar-refractivity contribution < 1.29 is 4.79 Å². The molecule has 1 aliphatic heterocycles. The smallest absolute Gasteiger partial charge is 0.252 e. The summed E-state index contributed by atoms with van der Waals surface area (Å²) in [6, 6.07) is 16.8. The van der Waals surface area contributed by atoms with Crippen LogP contribution < -0.4 is 5.32 Å². The van der Waals surface area contributed by atoms with Crippen LogP contribution in [-0.4, -0.2) is 41.5 Å². The van der Waals surface area contributed by atoms with E-state index in [9.17, 15) is 4.79 Å². The third-order valence-corrected chi connectivity index (χ3v) is 6.39. The van der Waals surface area contributed by atoms with Crippen LogP contribution in [0.5, 0.6) is 0 Å². The summed E-state index contributed by atoms with van der Waals surface area (Å²) in [7, 11) is 0. The fourth-order valence-corrected chi connectivity index (χ4v) is 4.31. The highest BCUT2D eigenvalue weighted by Crippen LogP contribution is 2.26. The van der Waals surface area contributed by atoms with E-state index < -0.39 is 0 Å². The van der Waals surface area contributed by atoms with Crippen molar-refractivity contribution in [3.63, 3.8) is 0 Å². The van der Waals surface area contributed by atoms with Gasteiger partial charge in [-0.3, -0.25) is 9.69 Å². The molecule has 30 heavy (non-hydrogen) atoms. The summed E-state index contributed by atoms with van der Waals surface area (Å²) in [4.78, 5) is 20.4. The molecule has 4 nitrogen and oxygen atoms in total. The second kappa shape index (κ2) is 8.97. The summed E-state index contributed by atoms with van der Waals surface area (Å²) in [5.74, 6) is -0.0247. The predicted octanol–water partition coefficient (Wildman–Crippen LogP) is 5.12. The Kier molecular flexibility index (Phi) is 6.14. The summed E-state index contributed by atoms with van der Waals surface area (Å²) in [6.45, 7) is 9.20. The average Bonchev–Trinajstić information content (AvgIpc) is 2.76. The average molecular weight is 402 g/mol. The second-order valence-corrected chi connectivity index (χ2v) is 8.51. The van der Waals surface area contributed by atoms with Crippen LogP contribution in [0.15, 0.2) is 48.5 Å². The van der Waals surface area contributed by atoms with Crippen LogP contribution >= 0.6 is 0 Å². The molecule has 4 heteroatoms. The van der Waals surface area contributed by atoms with Crippen LogP contribution in [0, 0.1) is 13.8 Å². The van der Waals surface area contributed by atoms with Gasteiger partial charge in [-0.05, 0) is 69.5 Å². The minimum Gasteiger partial charge on any atom is -0.351 e. The first-order valence-corrected chi connectivity index (χ1v) is 11.0. The van der Waals surface area contributed by atoms with Crippen LogP contribution in [-0.2, 0) is 0 Å². The Labute approximate surface area is 179 Å². The van der Waals surface area contributed by atoms with Crippen molar-refractivity contribution in [1.29, 1.82) is 0 Å². The number of amides is 1. The predicted molar refractivity (Wildman–Crippen MR) is 124 cm³/mol. The SMILES string of the molecule is Cc1ccc(-c2cc(C(=O)NCCN3CCCC[C@@H]3C)c3ccccc3n2)cc1C. The van der Waals surface area contributed by atoms with Gasteiger partial charge in [-0.2, -0.15) is 0 Å². The molecular formula is C26H31N3O. The van der Waals surface area contributed by atoms with E-state index in [1.807, 2.05) is 30.3 Å². The van der Waals surface area contributed by atoms with E-state index in [4.69, 9.17) is 4.98 Å². The van der Waals surface area contributed by atoms with Crippen molar-refractivity contribution >= 4 is 16.8 Å². The molecule has 1 N–H and O–H groups in total. The van der Waals surface area contributed by atoms with Gasteiger partial charge < -0.3 is 5.32 Å². The van der Waals surface area contributed by atoms with Gasteiger partial charge in [-0.25, -0.2) is 4.98 Å². The summed E-state index contributed by atoms with van der Waals surface area (Å²) < 4.78 is 0. The van der Waals surface area contributed by atoms with Crippen molar-refractivity contribution in [2.24, 2.45) is 0 Å². The van der Waals surface area contributed by atoms with E-state index in [1.165, 1.54) is 30.4 Å². The Hall–Kier alpha value is -2.72. The van der Waals surface area contributed by atoms with Crippen LogP contribution in [0.4, 0.5) is 0 Å². The van der Waals surface area contributed by atoms with E-state index in [-0.39, 0.29) is 5.91 Å². The molecule has 1 saturated heterocycles. The number of pyridine rings is 1. The Morgan fingerprint density at radius 1 is 1.10 bits per heavy atom. The Morgan fingerprint density at radius 3 is 2.73 bits per heavy atom. The number of carbonyl (C=O) groups is 1. The van der Waals surface area contributed by atoms with E-state index >= 15 is 0 Å². The van der Waals surface area contributed by atoms with Crippen LogP contribution in [0.2, 0.25) is 0 Å². The van der Waals surface area contributed by atoms with Gasteiger partial charge >= 0.3 is 0 Å².